The molecule has 2 fully saturated rings. The Bertz CT molecular complexity index is 1110. The third-order valence-electron chi connectivity index (χ3n) is 6.82. The number of carbonyl (C=O) groups is 1. The van der Waals surface area contributed by atoms with E-state index in [2.05, 4.69) is 72.8 Å². The summed E-state index contributed by atoms with van der Waals surface area (Å²) in [5, 5.41) is 3.57. The summed E-state index contributed by atoms with van der Waals surface area (Å²) < 4.78 is 24.2. The molecule has 0 aliphatic carbocycles. The first kappa shape index (κ1) is 24.1. The SMILES string of the molecule is O=C1C([P+](c2ccccc2)(c2ccccc2)c2ccccc2)CCN1C1CCS(=O)(=O)C1.[Br-]. The van der Waals surface area contributed by atoms with Gasteiger partial charge in [-0.1, -0.05) is 54.6 Å². The number of benzene rings is 3. The van der Waals surface area contributed by atoms with Gasteiger partial charge in [-0.05, 0) is 42.8 Å². The van der Waals surface area contributed by atoms with Crippen LogP contribution in [0, 0.1) is 0 Å². The maximum Gasteiger partial charge on any atom is 0.264 e. The third-order valence-corrected chi connectivity index (χ3v) is 13.3. The molecule has 0 bridgehead atoms. The van der Waals surface area contributed by atoms with E-state index < -0.39 is 17.1 Å². The Kier molecular flexibility index (Phi) is 7.09. The van der Waals surface area contributed by atoms with Crippen LogP contribution in [0.3, 0.4) is 0 Å². The average molecular weight is 544 g/mol. The zero-order chi connectivity index (χ0) is 22.2. The Morgan fingerprint density at radius 3 is 1.58 bits per heavy atom. The van der Waals surface area contributed by atoms with Gasteiger partial charge in [-0.25, -0.2) is 8.42 Å². The van der Waals surface area contributed by atoms with Crippen LogP contribution in [-0.4, -0.2) is 49.0 Å². The summed E-state index contributed by atoms with van der Waals surface area (Å²) in [6, 6.07) is 31.1. The summed E-state index contributed by atoms with van der Waals surface area (Å²) >= 11 is 0. The molecule has 3 aromatic carbocycles. The first-order chi connectivity index (χ1) is 15.5. The number of nitrogens with zero attached hydrogens (tertiary/aromatic N) is 1. The van der Waals surface area contributed by atoms with Crippen molar-refractivity contribution in [1.29, 1.82) is 0 Å². The van der Waals surface area contributed by atoms with E-state index in [4.69, 9.17) is 0 Å². The van der Waals surface area contributed by atoms with Crippen molar-refractivity contribution in [1.82, 2.24) is 4.90 Å². The fraction of sp³-hybridized carbons (Fsp3) is 0.269. The maximum atomic E-state index is 14.0. The van der Waals surface area contributed by atoms with E-state index in [9.17, 15) is 13.2 Å². The summed E-state index contributed by atoms with van der Waals surface area (Å²) in [5.74, 6) is 0.387. The van der Waals surface area contributed by atoms with Gasteiger partial charge in [0.15, 0.2) is 15.5 Å². The third kappa shape index (κ3) is 4.29. The smallest absolute Gasteiger partial charge is 0.264 e. The topological polar surface area (TPSA) is 54.5 Å². The maximum absolute atomic E-state index is 14.0. The van der Waals surface area contributed by atoms with E-state index in [1.807, 2.05) is 23.1 Å². The fourth-order valence-electron chi connectivity index (χ4n) is 5.41. The molecule has 172 valence electrons. The Morgan fingerprint density at radius 2 is 1.18 bits per heavy atom. The molecule has 0 N–H and O–H groups in total. The molecule has 0 spiro atoms. The number of amides is 1. The number of sulfone groups is 1. The molecule has 4 nitrogen and oxygen atoms in total. The highest BCUT2D eigenvalue weighted by Gasteiger charge is 2.59. The highest BCUT2D eigenvalue weighted by atomic mass is 79.9. The van der Waals surface area contributed by atoms with Gasteiger partial charge in [0.2, 0.25) is 0 Å². The molecule has 0 saturated carbocycles. The van der Waals surface area contributed by atoms with Crippen LogP contribution in [0.4, 0.5) is 0 Å². The Balaban J connectivity index is 0.00000259. The second-order valence-corrected chi connectivity index (χ2v) is 14.5. The van der Waals surface area contributed by atoms with Gasteiger partial charge in [0.05, 0.1) is 11.5 Å². The number of carbonyl (C=O) groups excluding carboxylic acids is 1. The van der Waals surface area contributed by atoms with Crippen molar-refractivity contribution in [3.63, 3.8) is 0 Å². The van der Waals surface area contributed by atoms with E-state index in [0.717, 1.165) is 6.42 Å². The number of hydrogen-bond donors (Lipinski definition) is 0. The van der Waals surface area contributed by atoms with Gasteiger partial charge in [0.1, 0.15) is 23.2 Å². The van der Waals surface area contributed by atoms with Crippen molar-refractivity contribution in [2.75, 3.05) is 18.1 Å². The van der Waals surface area contributed by atoms with Gasteiger partial charge < -0.3 is 21.9 Å². The van der Waals surface area contributed by atoms with Crippen LogP contribution in [0.5, 0.6) is 0 Å². The lowest BCUT2D eigenvalue weighted by atomic mass is 10.2. The normalized spacial score (nSPS) is 22.2. The Labute approximate surface area is 207 Å². The minimum absolute atomic E-state index is 0. The molecule has 33 heavy (non-hydrogen) atoms. The first-order valence-electron chi connectivity index (χ1n) is 11.1. The molecule has 0 aromatic heterocycles. The summed E-state index contributed by atoms with van der Waals surface area (Å²) in [6.45, 7) is 0.623. The molecule has 3 aromatic rings. The monoisotopic (exact) mass is 543 g/mol. The average Bonchev–Trinajstić information content (AvgIpc) is 3.38. The van der Waals surface area contributed by atoms with Crippen LogP contribution in [0.15, 0.2) is 91.0 Å². The van der Waals surface area contributed by atoms with E-state index in [-0.39, 0.29) is 46.1 Å². The van der Waals surface area contributed by atoms with Crippen molar-refractivity contribution < 1.29 is 30.2 Å². The Hall–Kier alpha value is -2.01. The minimum atomic E-state index is -3.05. The molecule has 0 radical (unpaired) electrons. The lowest BCUT2D eigenvalue weighted by Gasteiger charge is -2.32. The van der Waals surface area contributed by atoms with Crippen molar-refractivity contribution in [2.24, 2.45) is 0 Å². The van der Waals surface area contributed by atoms with Crippen LogP contribution in [0.25, 0.3) is 0 Å². The predicted octanol–water partition coefficient (Wildman–Crippen LogP) is -0.227. The molecule has 1 amide bonds. The van der Waals surface area contributed by atoms with E-state index in [1.54, 1.807) is 0 Å². The lowest BCUT2D eigenvalue weighted by molar-refractivity contribution is -0.128. The number of likely N-dealkylation sites (tertiary alicyclic amines) is 1. The molecule has 7 heteroatoms. The van der Waals surface area contributed by atoms with Gasteiger partial charge in [0, 0.05) is 19.0 Å². The molecule has 2 heterocycles. The molecular formula is C26H27BrNO3PS. The molecule has 2 saturated heterocycles. The van der Waals surface area contributed by atoms with Crippen LogP contribution in [0.1, 0.15) is 12.8 Å². The summed E-state index contributed by atoms with van der Waals surface area (Å²) in [5.41, 5.74) is -0.196. The summed E-state index contributed by atoms with van der Waals surface area (Å²) in [7, 11) is -5.36. The van der Waals surface area contributed by atoms with Gasteiger partial charge in [-0.15, -0.1) is 0 Å². The minimum Gasteiger partial charge on any atom is -1.00 e. The fourth-order valence-corrected chi connectivity index (χ4v) is 12.0. The van der Waals surface area contributed by atoms with Crippen LogP contribution >= 0.6 is 7.26 Å². The van der Waals surface area contributed by atoms with Crippen LogP contribution < -0.4 is 32.9 Å². The molecular weight excluding hydrogens is 517 g/mol. The zero-order valence-corrected chi connectivity index (χ0v) is 21.6. The van der Waals surface area contributed by atoms with Crippen LogP contribution in [0.2, 0.25) is 0 Å². The summed E-state index contributed by atoms with van der Waals surface area (Å²) in [6.07, 6.45) is 1.29. The molecule has 2 atom stereocenters. The van der Waals surface area contributed by atoms with Gasteiger partial charge in [0.25, 0.3) is 5.91 Å². The molecule has 5 rings (SSSR count). The highest BCUT2D eigenvalue weighted by molar-refractivity contribution is 7.97. The van der Waals surface area contributed by atoms with Crippen molar-refractivity contribution in [2.45, 2.75) is 24.5 Å². The second kappa shape index (κ2) is 9.69. The van der Waals surface area contributed by atoms with Gasteiger partial charge >= 0.3 is 0 Å². The van der Waals surface area contributed by atoms with Crippen LogP contribution in [-0.2, 0) is 14.6 Å². The van der Waals surface area contributed by atoms with Crippen molar-refractivity contribution in [3.8, 4) is 0 Å². The van der Waals surface area contributed by atoms with E-state index in [0.29, 0.717) is 13.0 Å². The molecule has 2 unspecified atom stereocenters. The van der Waals surface area contributed by atoms with E-state index >= 15 is 0 Å². The highest BCUT2D eigenvalue weighted by Crippen LogP contribution is 2.62. The standard InChI is InChI=1S/C26H27NO3PS.BrH/c28-26-25(16-18-27(26)21-17-19-32(29,30)20-21)31(22-10-4-1-5-11-22,23-12-6-2-7-13-23)24-14-8-3-9-15-24;/h1-15,21,25H,16-20H2;1H/q+1;/p-1. The van der Waals surface area contributed by atoms with Gasteiger partial charge in [-0.3, -0.25) is 4.79 Å². The quantitative estimate of drug-likeness (QED) is 0.418. The predicted molar refractivity (Wildman–Crippen MR) is 132 cm³/mol. The van der Waals surface area contributed by atoms with Gasteiger partial charge in [-0.2, -0.15) is 0 Å². The molecule has 2 aliphatic heterocycles. The molecule has 2 aliphatic rings. The first-order valence-corrected chi connectivity index (χ1v) is 14.8. The Morgan fingerprint density at radius 1 is 0.727 bits per heavy atom. The largest absolute Gasteiger partial charge is 1.00 e. The van der Waals surface area contributed by atoms with E-state index in [1.165, 1.54) is 15.9 Å². The van der Waals surface area contributed by atoms with Crippen molar-refractivity contribution in [3.05, 3.63) is 91.0 Å². The summed E-state index contributed by atoms with van der Waals surface area (Å²) in [4.78, 5) is 15.9. The number of rotatable bonds is 5. The number of halogens is 1. The second-order valence-electron chi connectivity index (χ2n) is 8.62. The number of hydrogen-bond acceptors (Lipinski definition) is 3. The lowest BCUT2D eigenvalue weighted by Crippen LogP contribution is -3.00. The van der Waals surface area contributed by atoms with Crippen molar-refractivity contribution >= 4 is 38.9 Å². The zero-order valence-electron chi connectivity index (χ0n) is 18.3.